The van der Waals surface area contributed by atoms with Gasteiger partial charge in [0.25, 0.3) is 0 Å². The Hall–Kier alpha value is -1.67. The van der Waals surface area contributed by atoms with Crippen LogP contribution in [-0.2, 0) is 15.6 Å². The van der Waals surface area contributed by atoms with Crippen molar-refractivity contribution in [3.8, 4) is 10.6 Å². The van der Waals surface area contributed by atoms with E-state index in [0.29, 0.717) is 28.6 Å². The van der Waals surface area contributed by atoms with Crippen LogP contribution in [0.1, 0.15) is 26.5 Å². The molecule has 136 valence electrons. The fraction of sp³-hybridized carbons (Fsp3) is 0.471. The van der Waals surface area contributed by atoms with Crippen molar-refractivity contribution in [3.05, 3.63) is 30.0 Å². The van der Waals surface area contributed by atoms with Gasteiger partial charge in [0.05, 0.1) is 17.3 Å². The van der Waals surface area contributed by atoms with Crippen molar-refractivity contribution in [3.63, 3.8) is 0 Å². The third-order valence-corrected chi connectivity index (χ3v) is 6.03. The Morgan fingerprint density at radius 2 is 2.08 bits per heavy atom. The molecule has 0 saturated carbocycles. The lowest BCUT2D eigenvalue weighted by Crippen LogP contribution is -2.43. The Morgan fingerprint density at radius 3 is 2.64 bits per heavy atom. The second-order valence-electron chi connectivity index (χ2n) is 6.45. The van der Waals surface area contributed by atoms with Crippen LogP contribution in [0.4, 0.5) is 9.39 Å². The quantitative estimate of drug-likeness (QED) is 0.767. The number of rotatable bonds is 6. The van der Waals surface area contributed by atoms with Gasteiger partial charge in [-0.3, -0.25) is 14.0 Å². The molecule has 0 aliphatic carbocycles. The van der Waals surface area contributed by atoms with Crippen molar-refractivity contribution in [2.24, 2.45) is 5.41 Å². The normalized spacial score (nSPS) is 12.9. The van der Waals surface area contributed by atoms with Gasteiger partial charge in [-0.25, -0.2) is 9.37 Å². The van der Waals surface area contributed by atoms with E-state index >= 15 is 0 Å². The maximum absolute atomic E-state index is 13.4. The van der Waals surface area contributed by atoms with Gasteiger partial charge in [-0.1, -0.05) is 25.2 Å². The van der Waals surface area contributed by atoms with Crippen LogP contribution < -0.4 is 4.90 Å². The van der Waals surface area contributed by atoms with E-state index in [4.69, 9.17) is 0 Å². The molecule has 25 heavy (non-hydrogen) atoms. The lowest BCUT2D eigenvalue weighted by molar-refractivity contribution is -0.125. The van der Waals surface area contributed by atoms with Gasteiger partial charge in [-0.2, -0.15) is 0 Å². The lowest BCUT2D eigenvalue weighted by atomic mass is 9.94. The van der Waals surface area contributed by atoms with Crippen molar-refractivity contribution in [1.29, 1.82) is 0 Å². The number of aromatic nitrogens is 2. The molecule has 0 N–H and O–H groups in total. The second kappa shape index (κ2) is 7.70. The predicted octanol–water partition coefficient (Wildman–Crippen LogP) is 3.41. The number of amides is 1. The molecule has 0 aliphatic heterocycles. The van der Waals surface area contributed by atoms with E-state index in [1.54, 1.807) is 31.2 Å². The van der Waals surface area contributed by atoms with Gasteiger partial charge >= 0.3 is 0 Å². The minimum absolute atomic E-state index is 0.0964. The number of thiazole rings is 1. The molecule has 0 aromatic carbocycles. The topological polar surface area (TPSA) is 63.2 Å². The molecular formula is C17H22FN3O2S2. The number of pyridine rings is 1. The second-order valence-corrected chi connectivity index (χ2v) is 8.86. The van der Waals surface area contributed by atoms with Crippen molar-refractivity contribution >= 4 is 33.0 Å². The largest absolute Gasteiger partial charge is 0.302 e. The first kappa shape index (κ1) is 19.7. The molecule has 0 saturated heterocycles. The number of hydrogen-bond donors (Lipinski definition) is 0. The molecule has 2 aromatic rings. The number of aryl methyl sites for hydroxylation is 1. The summed E-state index contributed by atoms with van der Waals surface area (Å²) in [6.07, 6.45) is 4.28. The maximum atomic E-state index is 13.4. The smallest absolute Gasteiger partial charge is 0.234 e. The first-order valence-corrected chi connectivity index (χ1v) is 10.4. The van der Waals surface area contributed by atoms with Crippen LogP contribution in [0, 0.1) is 18.2 Å². The van der Waals surface area contributed by atoms with Crippen molar-refractivity contribution in [2.45, 2.75) is 27.7 Å². The minimum Gasteiger partial charge on any atom is -0.302 e. The van der Waals surface area contributed by atoms with Crippen LogP contribution in [-0.4, -0.2) is 38.6 Å². The first-order valence-electron chi connectivity index (χ1n) is 7.86. The maximum Gasteiger partial charge on any atom is 0.234 e. The summed E-state index contributed by atoms with van der Waals surface area (Å²) in [7, 11) is -1.07. The minimum atomic E-state index is -1.07. The summed E-state index contributed by atoms with van der Waals surface area (Å²) in [4.78, 5) is 23.0. The number of anilines is 1. The molecule has 0 fully saturated rings. The highest BCUT2D eigenvalue weighted by Gasteiger charge is 2.34. The van der Waals surface area contributed by atoms with Crippen molar-refractivity contribution < 1.29 is 13.4 Å². The molecule has 8 heteroatoms. The van der Waals surface area contributed by atoms with Gasteiger partial charge in [-0.15, -0.1) is 0 Å². The molecular weight excluding hydrogens is 361 g/mol. The van der Waals surface area contributed by atoms with Gasteiger partial charge in [0.1, 0.15) is 15.8 Å². The van der Waals surface area contributed by atoms with Gasteiger partial charge in [0.15, 0.2) is 0 Å². The fourth-order valence-electron chi connectivity index (χ4n) is 2.61. The molecule has 1 amide bonds. The summed E-state index contributed by atoms with van der Waals surface area (Å²) in [5, 5.41) is 1.34. The Labute approximate surface area is 153 Å². The van der Waals surface area contributed by atoms with Gasteiger partial charge in [0.2, 0.25) is 5.91 Å². The van der Waals surface area contributed by atoms with E-state index in [9.17, 15) is 13.4 Å². The molecule has 1 unspecified atom stereocenters. The summed E-state index contributed by atoms with van der Waals surface area (Å²) in [6.45, 7) is 7.78. The summed E-state index contributed by atoms with van der Waals surface area (Å²) >= 11 is 1.33. The lowest BCUT2D eigenvalue weighted by Gasteiger charge is -2.30. The van der Waals surface area contributed by atoms with Crippen LogP contribution in [0.2, 0.25) is 0 Å². The zero-order valence-electron chi connectivity index (χ0n) is 15.0. The van der Waals surface area contributed by atoms with E-state index in [1.165, 1.54) is 17.4 Å². The molecule has 0 radical (unpaired) electrons. The molecule has 0 spiro atoms. The average molecular weight is 384 g/mol. The highest BCUT2D eigenvalue weighted by molar-refractivity contribution is 7.84. The number of halogens is 1. The molecule has 1 atom stereocenters. The van der Waals surface area contributed by atoms with E-state index in [0.717, 1.165) is 11.2 Å². The molecule has 2 rings (SSSR count). The van der Waals surface area contributed by atoms with Crippen LogP contribution >= 0.6 is 11.3 Å². The number of hydrogen-bond acceptors (Lipinski definition) is 5. The van der Waals surface area contributed by atoms with Crippen LogP contribution in [0.15, 0.2) is 18.5 Å². The Bertz CT molecular complexity index is 805. The average Bonchev–Trinajstić information content (AvgIpc) is 2.89. The van der Waals surface area contributed by atoms with Gasteiger partial charge in [-0.05, 0) is 19.9 Å². The fourth-order valence-corrected chi connectivity index (χ4v) is 4.86. The number of carbonyl (C=O) groups is 1. The Balaban J connectivity index is 2.39. The standard InChI is InChI=1S/C17H22FN3O2S2/c1-6-21(16(22)17(3,4)10-25(5)23)15-11(2)20-14(24-15)12-7-13(18)9-19-8-12/h7-9H,6,10H2,1-5H3. The van der Waals surface area contributed by atoms with E-state index in [1.807, 2.05) is 13.8 Å². The van der Waals surface area contributed by atoms with E-state index < -0.39 is 22.0 Å². The van der Waals surface area contributed by atoms with Crippen LogP contribution in [0.5, 0.6) is 0 Å². The Kier molecular flexibility index (Phi) is 6.05. The highest BCUT2D eigenvalue weighted by Crippen LogP contribution is 2.36. The van der Waals surface area contributed by atoms with Crippen molar-refractivity contribution in [1.82, 2.24) is 9.97 Å². The highest BCUT2D eigenvalue weighted by atomic mass is 32.2. The van der Waals surface area contributed by atoms with E-state index in [2.05, 4.69) is 9.97 Å². The molecule has 2 aromatic heterocycles. The van der Waals surface area contributed by atoms with Crippen molar-refractivity contribution in [2.75, 3.05) is 23.5 Å². The molecule has 2 heterocycles. The van der Waals surface area contributed by atoms with Gasteiger partial charge < -0.3 is 4.90 Å². The van der Waals surface area contributed by atoms with Gasteiger partial charge in [0, 0.05) is 41.1 Å². The van der Waals surface area contributed by atoms with Crippen LogP contribution in [0.25, 0.3) is 10.6 Å². The molecule has 0 aliphatic rings. The summed E-state index contributed by atoms with van der Waals surface area (Å²) in [5.74, 6) is -0.233. The zero-order chi connectivity index (χ0) is 18.8. The molecule has 0 bridgehead atoms. The van der Waals surface area contributed by atoms with Crippen LogP contribution in [0.3, 0.4) is 0 Å². The third-order valence-electron chi connectivity index (χ3n) is 3.67. The third kappa shape index (κ3) is 4.49. The monoisotopic (exact) mass is 383 g/mol. The predicted molar refractivity (Wildman–Crippen MR) is 101 cm³/mol. The molecule has 5 nitrogen and oxygen atoms in total. The summed E-state index contributed by atoms with van der Waals surface area (Å²) < 4.78 is 25.0. The summed E-state index contributed by atoms with van der Waals surface area (Å²) in [6, 6.07) is 1.37. The number of carbonyl (C=O) groups excluding carboxylic acids is 1. The summed E-state index contributed by atoms with van der Waals surface area (Å²) in [5.41, 5.74) is 0.539. The number of nitrogens with zero attached hydrogens (tertiary/aromatic N) is 3. The SMILES string of the molecule is CCN(C(=O)C(C)(C)CS(C)=O)c1sc(-c2cncc(F)c2)nc1C. The Morgan fingerprint density at radius 1 is 1.40 bits per heavy atom. The first-order chi connectivity index (χ1) is 11.7. The zero-order valence-corrected chi connectivity index (χ0v) is 16.6. The van der Waals surface area contributed by atoms with E-state index in [-0.39, 0.29) is 5.91 Å².